The smallest absolute Gasteiger partial charge is 0.0606 e. The van der Waals surface area contributed by atoms with Gasteiger partial charge < -0.3 is 5.32 Å². The van der Waals surface area contributed by atoms with E-state index in [1.54, 1.807) is 18.2 Å². The van der Waals surface area contributed by atoms with E-state index >= 15 is 0 Å². The molecule has 0 aliphatic carbocycles. The van der Waals surface area contributed by atoms with Crippen molar-refractivity contribution in [3.05, 3.63) is 67.6 Å². The summed E-state index contributed by atoms with van der Waals surface area (Å²) in [4.78, 5) is 0. The molecule has 1 nitrogen and oxygen atoms in total. The van der Waals surface area contributed by atoms with E-state index in [0.717, 1.165) is 24.1 Å². The van der Waals surface area contributed by atoms with Gasteiger partial charge in [0.05, 0.1) is 6.04 Å². The largest absolute Gasteiger partial charge is 0.306 e. The third kappa shape index (κ3) is 4.28. The molecule has 0 aromatic heterocycles. The molecule has 112 valence electrons. The maximum Gasteiger partial charge on any atom is 0.0606 e. The number of hydrogen-bond acceptors (Lipinski definition) is 1. The Balaban J connectivity index is 2.49. The van der Waals surface area contributed by atoms with Gasteiger partial charge in [0, 0.05) is 20.1 Å². The van der Waals surface area contributed by atoms with Gasteiger partial charge in [0.2, 0.25) is 0 Å². The van der Waals surface area contributed by atoms with Crippen molar-refractivity contribution in [2.75, 3.05) is 6.54 Å². The Morgan fingerprint density at radius 2 is 1.52 bits per heavy atom. The Morgan fingerprint density at radius 1 is 0.857 bits per heavy atom. The van der Waals surface area contributed by atoms with Crippen LogP contribution >= 0.6 is 46.4 Å². The van der Waals surface area contributed by atoms with Gasteiger partial charge in [0.25, 0.3) is 0 Å². The maximum atomic E-state index is 6.34. The van der Waals surface area contributed by atoms with Crippen LogP contribution in [0.1, 0.15) is 30.5 Å². The highest BCUT2D eigenvalue weighted by Crippen LogP contribution is 2.35. The first-order chi connectivity index (χ1) is 10.0. The van der Waals surface area contributed by atoms with Gasteiger partial charge in [-0.2, -0.15) is 0 Å². The van der Waals surface area contributed by atoms with E-state index in [0.29, 0.717) is 20.1 Å². The summed E-state index contributed by atoms with van der Waals surface area (Å²) in [6.07, 6.45) is 1.000. The lowest BCUT2D eigenvalue weighted by Crippen LogP contribution is -2.23. The van der Waals surface area contributed by atoms with Crippen LogP contribution in [-0.4, -0.2) is 6.54 Å². The Kier molecular flexibility index (Phi) is 6.21. The molecular weight excluding hydrogens is 348 g/mol. The molecule has 1 unspecified atom stereocenters. The van der Waals surface area contributed by atoms with Crippen LogP contribution < -0.4 is 5.32 Å². The summed E-state index contributed by atoms with van der Waals surface area (Å²) in [5, 5.41) is 5.96. The van der Waals surface area contributed by atoms with E-state index in [1.807, 2.05) is 18.2 Å². The summed E-state index contributed by atoms with van der Waals surface area (Å²) in [5.74, 6) is 0. The van der Waals surface area contributed by atoms with Crippen molar-refractivity contribution in [3.8, 4) is 0 Å². The summed E-state index contributed by atoms with van der Waals surface area (Å²) < 4.78 is 0. The Labute approximate surface area is 145 Å². The molecule has 0 heterocycles. The highest BCUT2D eigenvalue weighted by Gasteiger charge is 2.19. The van der Waals surface area contributed by atoms with Crippen LogP contribution in [0.4, 0.5) is 0 Å². The third-order valence-corrected chi connectivity index (χ3v) is 4.28. The predicted molar refractivity (Wildman–Crippen MR) is 93.1 cm³/mol. The molecule has 0 amide bonds. The molecule has 0 saturated carbocycles. The van der Waals surface area contributed by atoms with Crippen LogP contribution in [0, 0.1) is 0 Å². The first-order valence-electron chi connectivity index (χ1n) is 6.66. The monoisotopic (exact) mass is 361 g/mol. The van der Waals surface area contributed by atoms with Crippen LogP contribution in [0.2, 0.25) is 20.1 Å². The molecule has 0 fully saturated rings. The molecule has 0 saturated heterocycles. The van der Waals surface area contributed by atoms with Gasteiger partial charge in [-0.05, 0) is 54.4 Å². The Bertz CT molecular complexity index is 628. The van der Waals surface area contributed by atoms with Crippen molar-refractivity contribution in [1.29, 1.82) is 0 Å². The molecular formula is C16H15Cl4N. The summed E-state index contributed by atoms with van der Waals surface area (Å²) in [6, 6.07) is 10.8. The average molecular weight is 363 g/mol. The minimum Gasteiger partial charge on any atom is -0.306 e. The van der Waals surface area contributed by atoms with E-state index < -0.39 is 0 Å². The number of rotatable bonds is 5. The second kappa shape index (κ2) is 7.71. The zero-order valence-electron chi connectivity index (χ0n) is 11.5. The van der Waals surface area contributed by atoms with Crippen molar-refractivity contribution in [3.63, 3.8) is 0 Å². The lowest BCUT2D eigenvalue weighted by Gasteiger charge is -2.22. The topological polar surface area (TPSA) is 12.0 Å². The molecule has 0 spiro atoms. The van der Waals surface area contributed by atoms with Gasteiger partial charge in [-0.15, -0.1) is 0 Å². The number of hydrogen-bond donors (Lipinski definition) is 1. The summed E-state index contributed by atoms with van der Waals surface area (Å²) in [5.41, 5.74) is 1.83. The summed E-state index contributed by atoms with van der Waals surface area (Å²) in [7, 11) is 0. The van der Waals surface area contributed by atoms with E-state index in [2.05, 4.69) is 12.2 Å². The molecule has 2 aromatic carbocycles. The van der Waals surface area contributed by atoms with Crippen molar-refractivity contribution in [2.45, 2.75) is 19.4 Å². The highest BCUT2D eigenvalue weighted by atomic mass is 35.5. The zero-order chi connectivity index (χ0) is 15.4. The molecule has 1 atom stereocenters. The summed E-state index contributed by atoms with van der Waals surface area (Å²) >= 11 is 24.8. The van der Waals surface area contributed by atoms with Crippen LogP contribution in [-0.2, 0) is 0 Å². The quantitative estimate of drug-likeness (QED) is 0.649. The molecule has 1 N–H and O–H groups in total. The molecule has 2 aromatic rings. The van der Waals surface area contributed by atoms with Crippen molar-refractivity contribution in [1.82, 2.24) is 5.32 Å². The molecule has 5 heteroatoms. The minimum absolute atomic E-state index is 0.124. The predicted octanol–water partition coefficient (Wildman–Crippen LogP) is 6.39. The fourth-order valence-corrected chi connectivity index (χ4v) is 3.07. The summed E-state index contributed by atoms with van der Waals surface area (Å²) in [6.45, 7) is 2.94. The standard InChI is InChI=1S/C16H15Cl4N/c1-2-7-21-16(12-5-3-11(18)9-15(12)20)13-8-10(17)4-6-14(13)19/h3-6,8-9,16,21H,2,7H2,1H3. The van der Waals surface area contributed by atoms with Gasteiger partial charge >= 0.3 is 0 Å². The zero-order valence-corrected chi connectivity index (χ0v) is 14.5. The maximum absolute atomic E-state index is 6.34. The van der Waals surface area contributed by atoms with Crippen LogP contribution in [0.25, 0.3) is 0 Å². The molecule has 0 aliphatic heterocycles. The molecule has 0 aliphatic rings. The van der Waals surface area contributed by atoms with Gasteiger partial charge in [-0.3, -0.25) is 0 Å². The number of halogens is 4. The second-order valence-electron chi connectivity index (χ2n) is 4.72. The van der Waals surface area contributed by atoms with Crippen molar-refractivity contribution < 1.29 is 0 Å². The van der Waals surface area contributed by atoms with E-state index in [9.17, 15) is 0 Å². The fourth-order valence-electron chi connectivity index (χ4n) is 2.15. The lowest BCUT2D eigenvalue weighted by atomic mass is 9.98. The SMILES string of the molecule is CCCNC(c1ccc(Cl)cc1Cl)c1cc(Cl)ccc1Cl. The van der Waals surface area contributed by atoms with Crippen LogP contribution in [0.3, 0.4) is 0 Å². The van der Waals surface area contributed by atoms with Crippen molar-refractivity contribution >= 4 is 46.4 Å². The number of nitrogens with one attached hydrogen (secondary N) is 1. The van der Waals surface area contributed by atoms with Gasteiger partial charge in [0.15, 0.2) is 0 Å². The number of benzene rings is 2. The van der Waals surface area contributed by atoms with Crippen molar-refractivity contribution in [2.24, 2.45) is 0 Å². The lowest BCUT2D eigenvalue weighted by molar-refractivity contribution is 0.599. The van der Waals surface area contributed by atoms with E-state index in [1.165, 1.54) is 0 Å². The van der Waals surface area contributed by atoms with Gasteiger partial charge in [0.1, 0.15) is 0 Å². The molecule has 0 radical (unpaired) electrons. The van der Waals surface area contributed by atoms with E-state index in [-0.39, 0.29) is 6.04 Å². The first kappa shape index (κ1) is 16.9. The fraction of sp³-hybridized carbons (Fsp3) is 0.250. The highest BCUT2D eigenvalue weighted by molar-refractivity contribution is 6.35. The average Bonchev–Trinajstić information content (AvgIpc) is 2.44. The van der Waals surface area contributed by atoms with Gasteiger partial charge in [-0.1, -0.05) is 59.4 Å². The molecule has 0 bridgehead atoms. The van der Waals surface area contributed by atoms with E-state index in [4.69, 9.17) is 46.4 Å². The molecule has 2 rings (SSSR count). The minimum atomic E-state index is -0.124. The molecule has 21 heavy (non-hydrogen) atoms. The van der Waals surface area contributed by atoms with Crippen LogP contribution in [0.15, 0.2) is 36.4 Å². The van der Waals surface area contributed by atoms with Gasteiger partial charge in [-0.25, -0.2) is 0 Å². The van der Waals surface area contributed by atoms with Crippen LogP contribution in [0.5, 0.6) is 0 Å². The second-order valence-corrected chi connectivity index (χ2v) is 6.41. The normalized spacial score (nSPS) is 12.4. The Morgan fingerprint density at radius 3 is 2.19 bits per heavy atom. The third-order valence-electron chi connectivity index (χ3n) is 3.14. The first-order valence-corrected chi connectivity index (χ1v) is 8.17. The Hall–Kier alpha value is -0.440.